The standard InChI is InChI=1S/C15H27N.ClH/c1-3-7-14(8-4-1)11-12-16-13-15-9-5-2-6-10-15;/h7,15-16H,1-6,8-13H2;1H/p-1. The summed E-state index contributed by atoms with van der Waals surface area (Å²) in [6, 6.07) is 0. The van der Waals surface area contributed by atoms with Gasteiger partial charge in [-0.2, -0.15) is 0 Å². The second-order valence-corrected chi connectivity index (χ2v) is 5.57. The van der Waals surface area contributed by atoms with Crippen molar-refractivity contribution in [1.82, 2.24) is 5.32 Å². The normalized spacial score (nSPS) is 21.8. The van der Waals surface area contributed by atoms with Crippen LogP contribution in [0.4, 0.5) is 0 Å². The summed E-state index contributed by atoms with van der Waals surface area (Å²) in [5, 5.41) is 3.66. The molecule has 0 bridgehead atoms. The van der Waals surface area contributed by atoms with Crippen molar-refractivity contribution < 1.29 is 12.4 Å². The van der Waals surface area contributed by atoms with E-state index in [1.54, 1.807) is 5.57 Å². The highest BCUT2D eigenvalue weighted by atomic mass is 35.5. The number of halogens is 1. The third kappa shape index (κ3) is 5.92. The van der Waals surface area contributed by atoms with Crippen LogP contribution < -0.4 is 17.7 Å². The molecule has 0 unspecified atom stereocenters. The molecule has 1 nitrogen and oxygen atoms in total. The third-order valence-corrected chi connectivity index (χ3v) is 4.17. The van der Waals surface area contributed by atoms with Gasteiger partial charge in [0.05, 0.1) is 0 Å². The van der Waals surface area contributed by atoms with E-state index in [9.17, 15) is 0 Å². The monoisotopic (exact) mass is 256 g/mol. The topological polar surface area (TPSA) is 12.0 Å². The van der Waals surface area contributed by atoms with Crippen LogP contribution in [0.2, 0.25) is 0 Å². The van der Waals surface area contributed by atoms with Gasteiger partial charge < -0.3 is 17.7 Å². The van der Waals surface area contributed by atoms with E-state index in [-0.39, 0.29) is 12.4 Å². The lowest BCUT2D eigenvalue weighted by Gasteiger charge is -2.22. The highest BCUT2D eigenvalue weighted by molar-refractivity contribution is 5.05. The number of hydrogen-bond donors (Lipinski definition) is 1. The van der Waals surface area contributed by atoms with Crippen LogP contribution >= 0.6 is 0 Å². The van der Waals surface area contributed by atoms with Gasteiger partial charge in [0, 0.05) is 0 Å². The first kappa shape index (κ1) is 15.0. The molecule has 2 aliphatic carbocycles. The number of allylic oxidation sites excluding steroid dienone is 1. The van der Waals surface area contributed by atoms with Crippen molar-refractivity contribution in [3.8, 4) is 0 Å². The Morgan fingerprint density at radius 2 is 1.88 bits per heavy atom. The van der Waals surface area contributed by atoms with Crippen molar-refractivity contribution in [1.29, 1.82) is 0 Å². The van der Waals surface area contributed by atoms with Crippen molar-refractivity contribution in [3.63, 3.8) is 0 Å². The van der Waals surface area contributed by atoms with Crippen LogP contribution in [-0.2, 0) is 0 Å². The zero-order chi connectivity index (χ0) is 11.1. The fourth-order valence-corrected chi connectivity index (χ4v) is 3.08. The van der Waals surface area contributed by atoms with Gasteiger partial charge >= 0.3 is 0 Å². The number of nitrogens with one attached hydrogen (secondary N) is 1. The summed E-state index contributed by atoms with van der Waals surface area (Å²) in [5.41, 5.74) is 1.71. The van der Waals surface area contributed by atoms with E-state index in [0.717, 1.165) is 5.92 Å². The van der Waals surface area contributed by atoms with E-state index in [1.165, 1.54) is 77.3 Å². The van der Waals surface area contributed by atoms with Gasteiger partial charge in [-0.25, -0.2) is 0 Å². The maximum absolute atomic E-state index is 3.66. The van der Waals surface area contributed by atoms with Crippen LogP contribution in [0, 0.1) is 5.92 Å². The van der Waals surface area contributed by atoms with Crippen LogP contribution in [0.5, 0.6) is 0 Å². The van der Waals surface area contributed by atoms with E-state index in [0.29, 0.717) is 0 Å². The SMILES string of the molecule is C1=C(CCNCC2CCCCC2)CCCC1.[Cl-]. The Labute approximate surface area is 113 Å². The number of rotatable bonds is 5. The summed E-state index contributed by atoms with van der Waals surface area (Å²) < 4.78 is 0. The summed E-state index contributed by atoms with van der Waals surface area (Å²) in [4.78, 5) is 0. The molecule has 100 valence electrons. The minimum Gasteiger partial charge on any atom is -1.00 e. The molecule has 0 aliphatic heterocycles. The summed E-state index contributed by atoms with van der Waals surface area (Å²) >= 11 is 0. The molecule has 0 radical (unpaired) electrons. The zero-order valence-corrected chi connectivity index (χ0v) is 11.8. The molecule has 17 heavy (non-hydrogen) atoms. The Morgan fingerprint density at radius 3 is 2.59 bits per heavy atom. The molecule has 0 amide bonds. The Hall–Kier alpha value is -0.0100. The highest BCUT2D eigenvalue weighted by Crippen LogP contribution is 2.23. The molecule has 1 fully saturated rings. The third-order valence-electron chi connectivity index (χ3n) is 4.17. The van der Waals surface area contributed by atoms with E-state index in [4.69, 9.17) is 0 Å². The van der Waals surface area contributed by atoms with Crippen LogP contribution in [0.1, 0.15) is 64.2 Å². The largest absolute Gasteiger partial charge is 1.00 e. The first-order valence-corrected chi connectivity index (χ1v) is 7.34. The van der Waals surface area contributed by atoms with Gasteiger partial charge in [-0.15, -0.1) is 0 Å². The Kier molecular flexibility index (Phi) is 7.96. The van der Waals surface area contributed by atoms with Gasteiger partial charge in [0.2, 0.25) is 0 Å². The maximum Gasteiger partial charge on any atom is -0.00115 e. The van der Waals surface area contributed by atoms with Crippen molar-refractivity contribution in [2.45, 2.75) is 64.2 Å². The predicted octanol–water partition coefficient (Wildman–Crippen LogP) is 1.05. The summed E-state index contributed by atoms with van der Waals surface area (Å²) in [5.74, 6) is 0.981. The van der Waals surface area contributed by atoms with Crippen LogP contribution in [0.3, 0.4) is 0 Å². The Morgan fingerprint density at radius 1 is 1.06 bits per heavy atom. The molecule has 0 saturated heterocycles. The maximum atomic E-state index is 3.66. The minimum absolute atomic E-state index is 0. The zero-order valence-electron chi connectivity index (χ0n) is 11.0. The fourth-order valence-electron chi connectivity index (χ4n) is 3.08. The molecule has 0 heterocycles. The van der Waals surface area contributed by atoms with Gasteiger partial charge in [0.15, 0.2) is 0 Å². The average Bonchev–Trinajstić information content (AvgIpc) is 2.37. The lowest BCUT2D eigenvalue weighted by Crippen LogP contribution is -3.00. The molecule has 1 saturated carbocycles. The van der Waals surface area contributed by atoms with E-state index < -0.39 is 0 Å². The van der Waals surface area contributed by atoms with Crippen LogP contribution in [0.15, 0.2) is 11.6 Å². The highest BCUT2D eigenvalue weighted by Gasteiger charge is 2.12. The lowest BCUT2D eigenvalue weighted by molar-refractivity contribution is -0.00000347. The molecular formula is C15H27ClN-. The smallest absolute Gasteiger partial charge is 0.00115 e. The minimum atomic E-state index is 0. The first-order chi connectivity index (χ1) is 7.95. The summed E-state index contributed by atoms with van der Waals surface area (Å²) in [6.45, 7) is 2.48. The first-order valence-electron chi connectivity index (χ1n) is 7.34. The molecule has 0 aromatic rings. The van der Waals surface area contributed by atoms with Gasteiger partial charge in [0.1, 0.15) is 0 Å². The molecule has 2 rings (SSSR count). The molecule has 2 aliphatic rings. The van der Waals surface area contributed by atoms with Gasteiger partial charge in [-0.05, 0) is 64.0 Å². The van der Waals surface area contributed by atoms with Crippen molar-refractivity contribution in [2.24, 2.45) is 5.92 Å². The lowest BCUT2D eigenvalue weighted by atomic mass is 9.89. The van der Waals surface area contributed by atoms with Gasteiger partial charge in [-0.1, -0.05) is 30.9 Å². The van der Waals surface area contributed by atoms with Gasteiger partial charge in [-0.3, -0.25) is 0 Å². The Balaban J connectivity index is 0.00000144. The molecule has 0 aromatic carbocycles. The van der Waals surface area contributed by atoms with Crippen molar-refractivity contribution in [2.75, 3.05) is 13.1 Å². The second kappa shape index (κ2) is 8.99. The molecule has 0 spiro atoms. The number of hydrogen-bond acceptors (Lipinski definition) is 1. The van der Waals surface area contributed by atoms with Crippen molar-refractivity contribution >= 4 is 0 Å². The summed E-state index contributed by atoms with van der Waals surface area (Å²) in [6.07, 6.45) is 16.7. The molecule has 1 N–H and O–H groups in total. The van der Waals surface area contributed by atoms with Gasteiger partial charge in [0.25, 0.3) is 0 Å². The molecule has 2 heteroatoms. The van der Waals surface area contributed by atoms with Crippen molar-refractivity contribution in [3.05, 3.63) is 11.6 Å². The second-order valence-electron chi connectivity index (χ2n) is 5.57. The van der Waals surface area contributed by atoms with E-state index in [1.807, 2.05) is 0 Å². The van der Waals surface area contributed by atoms with Crippen LogP contribution in [0.25, 0.3) is 0 Å². The predicted molar refractivity (Wildman–Crippen MR) is 70.6 cm³/mol. The van der Waals surface area contributed by atoms with Crippen LogP contribution in [-0.4, -0.2) is 13.1 Å². The van der Waals surface area contributed by atoms with E-state index >= 15 is 0 Å². The molecule has 0 aromatic heterocycles. The summed E-state index contributed by atoms with van der Waals surface area (Å²) in [7, 11) is 0. The van der Waals surface area contributed by atoms with E-state index in [2.05, 4.69) is 11.4 Å². The molecule has 0 atom stereocenters. The average molecular weight is 257 g/mol. The molecular weight excluding hydrogens is 230 g/mol. The quantitative estimate of drug-likeness (QED) is 0.573. The Bertz CT molecular complexity index is 219. The fraction of sp³-hybridized carbons (Fsp3) is 0.867.